The molecule has 4 N–H and O–H groups in total. The average Bonchev–Trinajstić information content (AvgIpc) is 3.24. The SMILES string of the molecule is CN(C)CCN1CCCCC1C(=O)O.NC(=O)c1ccnc(-c2cc(N3CCCCC3)ccc2NC(=O)c2cccc(C=O)c2)c1.c1ccc2c(c1)CCCC2. The number of piperidine rings is 2. The van der Waals surface area contributed by atoms with Gasteiger partial charge in [-0.2, -0.15) is 0 Å². The molecule has 3 aromatic carbocycles. The van der Waals surface area contributed by atoms with Gasteiger partial charge in [0.1, 0.15) is 12.3 Å². The highest BCUT2D eigenvalue weighted by atomic mass is 16.4. The van der Waals surface area contributed by atoms with E-state index in [2.05, 4.69) is 49.3 Å². The van der Waals surface area contributed by atoms with Crippen LogP contribution in [0.2, 0.25) is 0 Å². The van der Waals surface area contributed by atoms with E-state index in [0.29, 0.717) is 39.9 Å². The number of hydrogen-bond acceptors (Lipinski definition) is 8. The van der Waals surface area contributed by atoms with E-state index >= 15 is 0 Å². The molecular formula is C45H56N6O5. The molecule has 4 aromatic rings. The summed E-state index contributed by atoms with van der Waals surface area (Å²) in [5.74, 6) is -1.55. The fourth-order valence-electron chi connectivity index (χ4n) is 7.42. The topological polar surface area (TPSA) is 149 Å². The second-order valence-electron chi connectivity index (χ2n) is 14.9. The van der Waals surface area contributed by atoms with Gasteiger partial charge in [-0.15, -0.1) is 0 Å². The number of nitrogens with one attached hydrogen (secondary N) is 1. The lowest BCUT2D eigenvalue weighted by Crippen LogP contribution is -2.47. The maximum Gasteiger partial charge on any atom is 0.320 e. The molecule has 7 rings (SSSR count). The molecular weight excluding hydrogens is 705 g/mol. The van der Waals surface area contributed by atoms with E-state index in [9.17, 15) is 19.2 Å². The first-order valence-electron chi connectivity index (χ1n) is 19.8. The number of amides is 2. The smallest absolute Gasteiger partial charge is 0.320 e. The summed E-state index contributed by atoms with van der Waals surface area (Å²) in [4.78, 5) is 57.5. The Hall–Kier alpha value is -5.39. The van der Waals surface area contributed by atoms with Gasteiger partial charge in [0.25, 0.3) is 5.91 Å². The molecule has 1 atom stereocenters. The number of aryl methyl sites for hydroxylation is 2. The van der Waals surface area contributed by atoms with Crippen LogP contribution in [0.1, 0.15) is 93.6 Å². The Morgan fingerprint density at radius 3 is 2.21 bits per heavy atom. The highest BCUT2D eigenvalue weighted by Crippen LogP contribution is 2.33. The fraction of sp³-hybridized carbons (Fsp3) is 0.400. The van der Waals surface area contributed by atoms with Crippen molar-refractivity contribution < 1.29 is 24.3 Å². The molecule has 2 fully saturated rings. The Kier molecular flexibility index (Phi) is 15.7. The highest BCUT2D eigenvalue weighted by molar-refractivity contribution is 6.07. The lowest BCUT2D eigenvalue weighted by atomic mass is 9.92. The second-order valence-corrected chi connectivity index (χ2v) is 14.9. The number of likely N-dealkylation sites (N-methyl/N-ethyl adjacent to an activating group) is 1. The number of pyridine rings is 1. The van der Waals surface area contributed by atoms with Crippen LogP contribution in [-0.2, 0) is 17.6 Å². The van der Waals surface area contributed by atoms with E-state index in [1.54, 1.807) is 41.5 Å². The molecule has 2 saturated heterocycles. The summed E-state index contributed by atoms with van der Waals surface area (Å²) in [6.45, 7) is 4.68. The third kappa shape index (κ3) is 12.1. The van der Waals surface area contributed by atoms with Crippen LogP contribution in [0.25, 0.3) is 11.3 Å². The molecule has 11 heteroatoms. The zero-order chi connectivity index (χ0) is 39.9. The number of rotatable bonds is 10. The Labute approximate surface area is 330 Å². The summed E-state index contributed by atoms with van der Waals surface area (Å²) in [5, 5.41) is 11.9. The van der Waals surface area contributed by atoms with Crippen LogP contribution in [0, 0.1) is 0 Å². The Morgan fingerprint density at radius 2 is 1.55 bits per heavy atom. The molecule has 1 unspecified atom stereocenters. The average molecular weight is 761 g/mol. The number of carboxylic acids is 1. The van der Waals surface area contributed by atoms with Crippen molar-refractivity contribution in [3.05, 3.63) is 113 Å². The first kappa shape index (κ1) is 41.8. The molecule has 0 bridgehead atoms. The van der Waals surface area contributed by atoms with Crippen molar-refractivity contribution in [1.29, 1.82) is 0 Å². The van der Waals surface area contributed by atoms with E-state index in [0.717, 1.165) is 70.5 Å². The van der Waals surface area contributed by atoms with Gasteiger partial charge < -0.3 is 26.0 Å². The van der Waals surface area contributed by atoms with Crippen LogP contribution in [0.3, 0.4) is 0 Å². The fourth-order valence-corrected chi connectivity index (χ4v) is 7.42. The Bertz CT molecular complexity index is 1920. The summed E-state index contributed by atoms with van der Waals surface area (Å²) in [7, 11) is 4.03. The van der Waals surface area contributed by atoms with Gasteiger partial charge in [0.2, 0.25) is 5.91 Å². The largest absolute Gasteiger partial charge is 0.480 e. The number of primary amides is 1. The minimum Gasteiger partial charge on any atom is -0.480 e. The first-order valence-corrected chi connectivity index (χ1v) is 19.8. The quantitative estimate of drug-likeness (QED) is 0.146. The number of nitrogens with zero attached hydrogens (tertiary/aromatic N) is 4. The van der Waals surface area contributed by atoms with Gasteiger partial charge in [0, 0.05) is 60.3 Å². The number of carbonyl (C=O) groups is 4. The lowest BCUT2D eigenvalue weighted by molar-refractivity contribution is -0.144. The van der Waals surface area contributed by atoms with Crippen LogP contribution in [0.4, 0.5) is 11.4 Å². The van der Waals surface area contributed by atoms with E-state index in [1.807, 2.05) is 32.3 Å². The number of aliphatic carboxylic acids is 1. The van der Waals surface area contributed by atoms with Crippen molar-refractivity contribution in [1.82, 2.24) is 14.8 Å². The third-order valence-corrected chi connectivity index (χ3v) is 10.6. The van der Waals surface area contributed by atoms with Gasteiger partial charge in [0.15, 0.2) is 0 Å². The predicted octanol–water partition coefficient (Wildman–Crippen LogP) is 6.96. The van der Waals surface area contributed by atoms with Gasteiger partial charge in [-0.3, -0.25) is 29.1 Å². The number of likely N-dealkylation sites (tertiary alicyclic amines) is 1. The molecule has 1 aliphatic carbocycles. The maximum atomic E-state index is 12.9. The van der Waals surface area contributed by atoms with E-state index < -0.39 is 11.9 Å². The van der Waals surface area contributed by atoms with Crippen molar-refractivity contribution in [2.45, 2.75) is 70.3 Å². The van der Waals surface area contributed by atoms with Crippen molar-refractivity contribution in [3.8, 4) is 11.3 Å². The maximum absolute atomic E-state index is 12.9. The summed E-state index contributed by atoms with van der Waals surface area (Å²) in [6.07, 6.45) is 14.1. The summed E-state index contributed by atoms with van der Waals surface area (Å²) >= 11 is 0. The molecule has 0 radical (unpaired) electrons. The van der Waals surface area contributed by atoms with E-state index in [-0.39, 0.29) is 11.9 Å². The highest BCUT2D eigenvalue weighted by Gasteiger charge is 2.27. The second kappa shape index (κ2) is 21.1. The van der Waals surface area contributed by atoms with E-state index in [1.165, 1.54) is 44.4 Å². The predicted molar refractivity (Wildman–Crippen MR) is 223 cm³/mol. The monoisotopic (exact) mass is 760 g/mol. The zero-order valence-electron chi connectivity index (χ0n) is 32.8. The zero-order valence-corrected chi connectivity index (χ0v) is 32.8. The number of aromatic nitrogens is 1. The summed E-state index contributed by atoms with van der Waals surface area (Å²) in [5.41, 5.74) is 12.6. The lowest BCUT2D eigenvalue weighted by Gasteiger charge is -2.33. The van der Waals surface area contributed by atoms with Crippen LogP contribution in [0.15, 0.2) is 85.1 Å². The molecule has 2 amide bonds. The van der Waals surface area contributed by atoms with Crippen molar-refractivity contribution in [2.75, 3.05) is 57.0 Å². The molecule has 0 spiro atoms. The third-order valence-electron chi connectivity index (χ3n) is 10.6. The first-order chi connectivity index (χ1) is 27.1. The minimum atomic E-state index is -0.663. The molecule has 3 heterocycles. The molecule has 2 aliphatic heterocycles. The molecule has 0 saturated carbocycles. The number of aldehydes is 1. The van der Waals surface area contributed by atoms with Crippen molar-refractivity contribution in [2.24, 2.45) is 5.73 Å². The van der Waals surface area contributed by atoms with Crippen molar-refractivity contribution >= 4 is 35.4 Å². The summed E-state index contributed by atoms with van der Waals surface area (Å²) in [6, 6.07) is 24.0. The Morgan fingerprint density at radius 1 is 0.839 bits per heavy atom. The number of hydrogen-bond donors (Lipinski definition) is 3. The molecule has 11 nitrogen and oxygen atoms in total. The van der Waals surface area contributed by atoms with Crippen LogP contribution >= 0.6 is 0 Å². The van der Waals surface area contributed by atoms with Gasteiger partial charge in [-0.05, 0) is 132 Å². The molecule has 1 aromatic heterocycles. The van der Waals surface area contributed by atoms with Gasteiger partial charge in [0.05, 0.1) is 11.4 Å². The summed E-state index contributed by atoms with van der Waals surface area (Å²) < 4.78 is 0. The van der Waals surface area contributed by atoms with Crippen LogP contribution < -0.4 is 16.0 Å². The van der Waals surface area contributed by atoms with Gasteiger partial charge >= 0.3 is 5.97 Å². The number of nitrogens with two attached hydrogens (primary N) is 1. The number of benzene rings is 3. The molecule has 3 aliphatic rings. The Balaban J connectivity index is 0.000000203. The molecule has 296 valence electrons. The number of fused-ring (bicyclic) bond motifs is 1. The van der Waals surface area contributed by atoms with Crippen molar-refractivity contribution in [3.63, 3.8) is 0 Å². The van der Waals surface area contributed by atoms with Gasteiger partial charge in [-0.1, -0.05) is 42.8 Å². The standard InChI is InChI=1S/C25H24N4O3.C10H20N2O2.C10H12/c26-24(31)18-9-10-27-23(14-18)21-15-20(29-11-2-1-3-12-29)7-8-22(21)28-25(32)19-6-4-5-17(13-19)16-30;1-11(2)7-8-12-6-4-3-5-9(12)10(13)14;1-2-6-10-8-4-3-7-9(10)5-1/h4-10,13-16H,1-3,11-12H2,(H2,26,31)(H,28,32);9H,3-8H2,1-2H3,(H,13,14);1-2,5-6H,3-4,7-8H2. The number of carboxylic acid groups (broad SMARTS) is 1. The number of carbonyl (C=O) groups excluding carboxylic acids is 3. The van der Waals surface area contributed by atoms with Crippen LogP contribution in [0.5, 0.6) is 0 Å². The minimum absolute atomic E-state index is 0.247. The normalized spacial score (nSPS) is 16.6. The van der Waals surface area contributed by atoms with E-state index in [4.69, 9.17) is 10.8 Å². The van der Waals surface area contributed by atoms with Gasteiger partial charge in [-0.25, -0.2) is 0 Å². The van der Waals surface area contributed by atoms with Crippen LogP contribution in [-0.4, -0.2) is 96.8 Å². The number of anilines is 2. The molecule has 56 heavy (non-hydrogen) atoms.